The van der Waals surface area contributed by atoms with Crippen LogP contribution in [0.5, 0.6) is 0 Å². The van der Waals surface area contributed by atoms with Gasteiger partial charge in [0.15, 0.2) is 0 Å². The van der Waals surface area contributed by atoms with Gasteiger partial charge in [-0.3, -0.25) is 0 Å². The monoisotopic (exact) mass is 221 g/mol. The van der Waals surface area contributed by atoms with Gasteiger partial charge in [0, 0.05) is 12.5 Å². The Morgan fingerprint density at radius 3 is 2.94 bits per heavy atom. The highest BCUT2D eigenvalue weighted by atomic mass is 19.1. The molecule has 2 unspecified atom stereocenters. The lowest BCUT2D eigenvalue weighted by Gasteiger charge is -2.17. The van der Waals surface area contributed by atoms with Gasteiger partial charge in [0.05, 0.1) is 0 Å². The molecule has 2 heteroatoms. The Balaban J connectivity index is 2.04. The number of aryl methyl sites for hydroxylation is 2. The first-order chi connectivity index (χ1) is 7.66. The minimum Gasteiger partial charge on any atom is -0.311 e. The molecule has 0 aromatic heterocycles. The Kier molecular flexibility index (Phi) is 3.59. The van der Waals surface area contributed by atoms with Gasteiger partial charge in [0.2, 0.25) is 0 Å². The maximum atomic E-state index is 14.0. The van der Waals surface area contributed by atoms with Crippen LogP contribution in [0.4, 0.5) is 4.39 Å². The zero-order chi connectivity index (χ0) is 11.5. The molecular weight excluding hydrogens is 201 g/mol. The van der Waals surface area contributed by atoms with Gasteiger partial charge < -0.3 is 5.32 Å². The van der Waals surface area contributed by atoms with Gasteiger partial charge in [-0.1, -0.05) is 23.8 Å². The first-order valence-corrected chi connectivity index (χ1v) is 6.10. The molecule has 2 rings (SSSR count). The molecule has 16 heavy (non-hydrogen) atoms. The molecule has 0 bridgehead atoms. The molecule has 88 valence electrons. The first kappa shape index (κ1) is 11.6. The Morgan fingerprint density at radius 1 is 1.44 bits per heavy atom. The van der Waals surface area contributed by atoms with E-state index >= 15 is 0 Å². The molecule has 2 atom stereocenters. The summed E-state index contributed by atoms with van der Waals surface area (Å²) in [5, 5.41) is 3.24. The van der Waals surface area contributed by atoms with Crippen molar-refractivity contribution < 1.29 is 4.39 Å². The minimum absolute atomic E-state index is 0.0694. The predicted molar refractivity (Wildman–Crippen MR) is 65.5 cm³/mol. The molecule has 1 aliphatic heterocycles. The standard InChI is InChI=1S/C14H20FN/c1-10-5-6-11(2)12(8-10)9-13(15)14-4-3-7-16-14/h5-6,8,13-14,16H,3-4,7,9H2,1-2H3. The quantitative estimate of drug-likeness (QED) is 0.827. The maximum Gasteiger partial charge on any atom is 0.119 e. The topological polar surface area (TPSA) is 12.0 Å². The van der Waals surface area contributed by atoms with Crippen molar-refractivity contribution in [2.75, 3.05) is 6.54 Å². The number of hydrogen-bond donors (Lipinski definition) is 1. The average Bonchev–Trinajstić information content (AvgIpc) is 2.76. The normalized spacial score (nSPS) is 22.3. The van der Waals surface area contributed by atoms with E-state index < -0.39 is 6.17 Å². The largest absolute Gasteiger partial charge is 0.311 e. The molecule has 1 nitrogen and oxygen atoms in total. The Bertz CT molecular complexity index is 356. The van der Waals surface area contributed by atoms with E-state index in [9.17, 15) is 4.39 Å². The summed E-state index contributed by atoms with van der Waals surface area (Å²) in [4.78, 5) is 0. The lowest BCUT2D eigenvalue weighted by atomic mass is 9.97. The fourth-order valence-electron chi connectivity index (χ4n) is 2.39. The first-order valence-electron chi connectivity index (χ1n) is 6.10. The van der Waals surface area contributed by atoms with Crippen molar-refractivity contribution in [3.63, 3.8) is 0 Å². The third kappa shape index (κ3) is 2.62. The van der Waals surface area contributed by atoms with Gasteiger partial charge in [-0.25, -0.2) is 4.39 Å². The average molecular weight is 221 g/mol. The van der Waals surface area contributed by atoms with E-state index in [0.717, 1.165) is 24.9 Å². The maximum absolute atomic E-state index is 14.0. The second kappa shape index (κ2) is 4.96. The zero-order valence-electron chi connectivity index (χ0n) is 10.1. The highest BCUT2D eigenvalue weighted by Gasteiger charge is 2.24. The SMILES string of the molecule is Cc1ccc(C)c(CC(F)C2CCCN2)c1. The summed E-state index contributed by atoms with van der Waals surface area (Å²) in [6.07, 6.45) is 1.89. The summed E-state index contributed by atoms with van der Waals surface area (Å²) in [6.45, 7) is 5.09. The van der Waals surface area contributed by atoms with Crippen molar-refractivity contribution in [2.45, 2.75) is 45.3 Å². The molecule has 1 aromatic carbocycles. The van der Waals surface area contributed by atoms with Crippen LogP contribution in [0.25, 0.3) is 0 Å². The summed E-state index contributed by atoms with van der Waals surface area (Å²) in [6, 6.07) is 6.34. The van der Waals surface area contributed by atoms with Crippen LogP contribution in [0, 0.1) is 13.8 Å². The third-order valence-corrected chi connectivity index (χ3v) is 3.45. The smallest absolute Gasteiger partial charge is 0.119 e. The number of alkyl halides is 1. The molecule has 0 aliphatic carbocycles. The van der Waals surface area contributed by atoms with Gasteiger partial charge in [-0.05, 0) is 44.4 Å². The van der Waals surface area contributed by atoms with Crippen molar-refractivity contribution in [2.24, 2.45) is 0 Å². The molecule has 0 spiro atoms. The van der Waals surface area contributed by atoms with Crippen molar-refractivity contribution in [1.82, 2.24) is 5.32 Å². The van der Waals surface area contributed by atoms with E-state index in [1.165, 1.54) is 11.1 Å². The van der Waals surface area contributed by atoms with E-state index in [1.807, 2.05) is 0 Å². The number of rotatable bonds is 3. The molecule has 1 aromatic rings. The number of halogens is 1. The van der Waals surface area contributed by atoms with Gasteiger partial charge in [0.25, 0.3) is 0 Å². The van der Waals surface area contributed by atoms with Crippen molar-refractivity contribution in [3.05, 3.63) is 34.9 Å². The minimum atomic E-state index is -0.747. The van der Waals surface area contributed by atoms with Crippen molar-refractivity contribution >= 4 is 0 Å². The van der Waals surface area contributed by atoms with Crippen molar-refractivity contribution in [1.29, 1.82) is 0 Å². The number of hydrogen-bond acceptors (Lipinski definition) is 1. The predicted octanol–water partition coefficient (Wildman–Crippen LogP) is 2.94. The lowest BCUT2D eigenvalue weighted by Crippen LogP contribution is -2.33. The molecule has 1 heterocycles. The van der Waals surface area contributed by atoms with Crippen LogP contribution in [0.1, 0.15) is 29.5 Å². The van der Waals surface area contributed by atoms with Gasteiger partial charge in [0.1, 0.15) is 6.17 Å². The molecule has 0 saturated carbocycles. The van der Waals surface area contributed by atoms with E-state index in [4.69, 9.17) is 0 Å². The highest BCUT2D eigenvalue weighted by Crippen LogP contribution is 2.19. The summed E-state index contributed by atoms with van der Waals surface area (Å²) >= 11 is 0. The lowest BCUT2D eigenvalue weighted by molar-refractivity contribution is 0.263. The zero-order valence-corrected chi connectivity index (χ0v) is 10.1. The van der Waals surface area contributed by atoms with E-state index in [0.29, 0.717) is 6.42 Å². The molecule has 1 aliphatic rings. The molecule has 1 fully saturated rings. The van der Waals surface area contributed by atoms with Gasteiger partial charge in [-0.2, -0.15) is 0 Å². The highest BCUT2D eigenvalue weighted by molar-refractivity contribution is 5.31. The summed E-state index contributed by atoms with van der Waals surface area (Å²) in [7, 11) is 0. The molecular formula is C14H20FN. The second-order valence-corrected chi connectivity index (χ2v) is 4.85. The van der Waals surface area contributed by atoms with Crippen LogP contribution >= 0.6 is 0 Å². The number of nitrogens with one attached hydrogen (secondary N) is 1. The van der Waals surface area contributed by atoms with Crippen LogP contribution in [0.2, 0.25) is 0 Å². The fraction of sp³-hybridized carbons (Fsp3) is 0.571. The third-order valence-electron chi connectivity index (χ3n) is 3.45. The fourth-order valence-corrected chi connectivity index (χ4v) is 2.39. The Morgan fingerprint density at radius 2 is 2.25 bits per heavy atom. The van der Waals surface area contributed by atoms with Crippen LogP contribution in [0.3, 0.4) is 0 Å². The van der Waals surface area contributed by atoms with Gasteiger partial charge in [-0.15, -0.1) is 0 Å². The van der Waals surface area contributed by atoms with E-state index in [1.54, 1.807) is 0 Å². The second-order valence-electron chi connectivity index (χ2n) is 4.85. The summed E-state index contributed by atoms with van der Waals surface area (Å²) in [5.41, 5.74) is 3.57. The van der Waals surface area contributed by atoms with Crippen molar-refractivity contribution in [3.8, 4) is 0 Å². The van der Waals surface area contributed by atoms with Crippen LogP contribution < -0.4 is 5.32 Å². The van der Waals surface area contributed by atoms with Crippen LogP contribution in [-0.4, -0.2) is 18.8 Å². The van der Waals surface area contributed by atoms with Gasteiger partial charge >= 0.3 is 0 Å². The molecule has 1 N–H and O–H groups in total. The molecule has 0 radical (unpaired) electrons. The van der Waals surface area contributed by atoms with E-state index in [-0.39, 0.29) is 6.04 Å². The Hall–Kier alpha value is -0.890. The van der Waals surface area contributed by atoms with Crippen LogP contribution in [-0.2, 0) is 6.42 Å². The molecule has 0 amide bonds. The Labute approximate surface area is 97.1 Å². The number of benzene rings is 1. The summed E-state index contributed by atoms with van der Waals surface area (Å²) in [5.74, 6) is 0. The summed E-state index contributed by atoms with van der Waals surface area (Å²) < 4.78 is 14.0. The van der Waals surface area contributed by atoms with Crippen LogP contribution in [0.15, 0.2) is 18.2 Å². The molecule has 1 saturated heterocycles. The van der Waals surface area contributed by atoms with E-state index in [2.05, 4.69) is 37.4 Å².